The van der Waals surface area contributed by atoms with Gasteiger partial charge < -0.3 is 14.6 Å². The maximum absolute atomic E-state index is 14.7. The molecule has 4 aromatic carbocycles. The van der Waals surface area contributed by atoms with Crippen molar-refractivity contribution < 1.29 is 37.2 Å². The zero-order valence-corrected chi connectivity index (χ0v) is 41.0. The van der Waals surface area contributed by atoms with Gasteiger partial charge in [-0.15, -0.1) is 0 Å². The summed E-state index contributed by atoms with van der Waals surface area (Å²) in [7, 11) is -1.71. The lowest BCUT2D eigenvalue weighted by molar-refractivity contribution is 0.111. The Bertz CT molecular complexity index is 3250. The number of fused-ring (bicyclic) bond motifs is 1. The van der Waals surface area contributed by atoms with Crippen LogP contribution in [0.5, 0.6) is 0 Å². The summed E-state index contributed by atoms with van der Waals surface area (Å²) in [4.78, 5) is 37.4. The molecule has 0 aliphatic heterocycles. The molecule has 0 saturated carbocycles. The second-order valence-corrected chi connectivity index (χ2v) is 17.1. The number of aldehydes is 2. The van der Waals surface area contributed by atoms with E-state index >= 15 is 0 Å². The zero-order valence-electron chi connectivity index (χ0n) is 37.3. The Morgan fingerprint density at radius 2 is 1.01 bits per heavy atom. The third kappa shape index (κ3) is 13.9. The lowest BCUT2D eigenvalue weighted by atomic mass is 9.80. The fourth-order valence-corrected chi connectivity index (χ4v) is 8.07. The van der Waals surface area contributed by atoms with Crippen LogP contribution in [0.15, 0.2) is 152 Å². The number of carbonyl (C=O) groups excluding carboxylic acids is 2. The van der Waals surface area contributed by atoms with Gasteiger partial charge in [-0.25, -0.2) is 17.6 Å². The van der Waals surface area contributed by atoms with Crippen LogP contribution in [0.3, 0.4) is 0 Å². The van der Waals surface area contributed by atoms with Crippen molar-refractivity contribution in [3.05, 3.63) is 218 Å². The second kappa shape index (κ2) is 24.5. The van der Waals surface area contributed by atoms with Crippen LogP contribution >= 0.6 is 38.5 Å². The quantitative estimate of drug-likeness (QED) is 0.0480. The molecule has 0 unspecified atom stereocenters. The van der Waals surface area contributed by atoms with Gasteiger partial charge in [-0.2, -0.15) is 0 Å². The van der Waals surface area contributed by atoms with Crippen LogP contribution < -0.4 is 5.46 Å². The summed E-state index contributed by atoms with van der Waals surface area (Å²) in [6, 6.07) is 33.9. The van der Waals surface area contributed by atoms with E-state index in [1.807, 2.05) is 98.3 Å². The number of aryl methyl sites for hydroxylation is 3. The fourth-order valence-electron chi connectivity index (χ4n) is 6.86. The van der Waals surface area contributed by atoms with Crippen molar-refractivity contribution in [3.63, 3.8) is 0 Å². The van der Waals surface area contributed by atoms with Crippen molar-refractivity contribution in [2.45, 2.75) is 32.6 Å². The van der Waals surface area contributed by atoms with E-state index in [1.165, 1.54) is 24.3 Å². The maximum Gasteiger partial charge on any atom is 0.488 e. The SMILES string of the molecule is Cc1cc(-c2ccc(C=O)c(F)c2)ccn1.Cc1cc(-c2ccc(CBr)c(F)c2)ccn1.Cc1cc(-c2ccc(Cn3cc(I)c4ncccc43)c(F)c2)ccn1.O=Cc1ccc(B(O)O)cc1F. The number of benzene rings is 4. The molecule has 0 amide bonds. The standard InChI is InChI=1S/C20H15FIN3.C13H11BrFN.C13H10FNO.C7H6BFO3/c1-13-9-15(6-8-23-13)14-4-5-16(17(21)10-14)11-25-12-18(22)20-19(25)3-2-7-24-20;1-9-6-11(4-5-16-9)10-2-3-12(8-14)13(15)7-10;1-9-6-11(4-5-15-9)10-2-3-12(8-16)13(14)7-10;9-7-3-6(8(11)12)2-1-5(7)4-10/h2-10,12H,11H2,1H3;2-7H,8H2,1H3;2-8H,1H3;1-4,11-12H. The molecule has 0 radical (unpaired) electrons. The first kappa shape index (κ1) is 51.7. The van der Waals surface area contributed by atoms with E-state index < -0.39 is 18.8 Å². The smallest absolute Gasteiger partial charge is 0.423 e. The Kier molecular flexibility index (Phi) is 18.4. The van der Waals surface area contributed by atoms with Crippen molar-refractivity contribution >= 4 is 74.7 Å². The monoisotopic (exact) mass is 1110 g/mol. The van der Waals surface area contributed by atoms with Gasteiger partial charge in [-0.3, -0.25) is 29.5 Å². The first-order chi connectivity index (χ1) is 33.2. The first-order valence-electron chi connectivity index (χ1n) is 21.0. The van der Waals surface area contributed by atoms with Crippen LogP contribution in [-0.4, -0.2) is 54.2 Å². The van der Waals surface area contributed by atoms with Gasteiger partial charge in [0.2, 0.25) is 0 Å². The molecule has 5 heterocycles. The highest BCUT2D eigenvalue weighted by Gasteiger charge is 2.14. The molecule has 0 fully saturated rings. The van der Waals surface area contributed by atoms with Gasteiger partial charge in [0.15, 0.2) is 12.6 Å². The van der Waals surface area contributed by atoms with Crippen LogP contribution in [0, 0.1) is 47.6 Å². The number of halogens is 6. The van der Waals surface area contributed by atoms with Gasteiger partial charge in [-0.1, -0.05) is 52.3 Å². The molecule has 0 aliphatic carbocycles. The summed E-state index contributed by atoms with van der Waals surface area (Å²) in [5.74, 6) is -1.63. The highest BCUT2D eigenvalue weighted by Crippen LogP contribution is 2.27. The van der Waals surface area contributed by atoms with Crippen LogP contribution in [0.2, 0.25) is 0 Å². The van der Waals surface area contributed by atoms with E-state index in [-0.39, 0.29) is 28.2 Å². The van der Waals surface area contributed by atoms with E-state index in [4.69, 9.17) is 10.0 Å². The molecule has 9 rings (SSSR count). The van der Waals surface area contributed by atoms with Gasteiger partial charge in [0, 0.05) is 64.5 Å². The average Bonchev–Trinajstić information content (AvgIpc) is 3.66. The number of hydrogen-bond donors (Lipinski definition) is 2. The summed E-state index contributed by atoms with van der Waals surface area (Å²) >= 11 is 5.51. The largest absolute Gasteiger partial charge is 0.488 e. The molecule has 9 nitrogen and oxygen atoms in total. The number of carbonyl (C=O) groups is 2. The normalized spacial score (nSPS) is 10.5. The van der Waals surface area contributed by atoms with Crippen LogP contribution in [-0.2, 0) is 11.9 Å². The van der Waals surface area contributed by atoms with E-state index in [9.17, 15) is 27.2 Å². The molecule has 2 N–H and O–H groups in total. The van der Waals surface area contributed by atoms with Gasteiger partial charge in [0.25, 0.3) is 0 Å². The van der Waals surface area contributed by atoms with E-state index in [2.05, 4.69) is 58.5 Å². The number of aromatic nitrogens is 5. The van der Waals surface area contributed by atoms with Crippen LogP contribution in [0.1, 0.15) is 48.9 Å². The minimum absolute atomic E-state index is 0.0260. The Balaban J connectivity index is 0.000000157. The van der Waals surface area contributed by atoms with E-state index in [1.54, 1.807) is 49.1 Å². The molecule has 16 heteroatoms. The molecule has 348 valence electrons. The molecular formula is C53H42BBrF4IN5O4. The minimum atomic E-state index is -1.71. The summed E-state index contributed by atoms with van der Waals surface area (Å²) in [5, 5.41) is 17.8. The summed E-state index contributed by atoms with van der Waals surface area (Å²) in [6.07, 6.45) is 9.83. The lowest BCUT2D eigenvalue weighted by Crippen LogP contribution is -2.30. The number of alkyl halides is 1. The molecule has 69 heavy (non-hydrogen) atoms. The fraction of sp³-hybridized carbons (Fsp3) is 0.0943. The molecule has 0 atom stereocenters. The van der Waals surface area contributed by atoms with E-state index in [0.29, 0.717) is 35.6 Å². The third-order valence-corrected chi connectivity index (χ3v) is 11.8. The van der Waals surface area contributed by atoms with Crippen molar-refractivity contribution in [1.29, 1.82) is 0 Å². The van der Waals surface area contributed by atoms with Crippen molar-refractivity contribution in [1.82, 2.24) is 24.5 Å². The van der Waals surface area contributed by atoms with Crippen molar-refractivity contribution in [2.24, 2.45) is 0 Å². The summed E-state index contributed by atoms with van der Waals surface area (Å²) in [6.45, 7) is 6.21. The number of pyridine rings is 4. The molecule has 9 aromatic rings. The Hall–Kier alpha value is -6.73. The number of nitrogens with zero attached hydrogens (tertiary/aromatic N) is 5. The predicted octanol–water partition coefficient (Wildman–Crippen LogP) is 11.6. The number of rotatable bonds is 9. The second-order valence-electron chi connectivity index (χ2n) is 15.4. The van der Waals surface area contributed by atoms with Gasteiger partial charge >= 0.3 is 7.12 Å². The topological polar surface area (TPSA) is 131 Å². The molecular weight excluding hydrogens is 1060 g/mol. The summed E-state index contributed by atoms with van der Waals surface area (Å²) < 4.78 is 57.5. The first-order valence-corrected chi connectivity index (χ1v) is 23.2. The third-order valence-electron chi connectivity index (χ3n) is 10.4. The highest BCUT2D eigenvalue weighted by atomic mass is 127. The van der Waals surface area contributed by atoms with Crippen molar-refractivity contribution in [3.8, 4) is 33.4 Å². The predicted molar refractivity (Wildman–Crippen MR) is 274 cm³/mol. The van der Waals surface area contributed by atoms with E-state index in [0.717, 1.165) is 71.1 Å². The Labute approximate surface area is 418 Å². The minimum Gasteiger partial charge on any atom is -0.423 e. The van der Waals surface area contributed by atoms with Gasteiger partial charge in [0.05, 0.1) is 21.2 Å². The van der Waals surface area contributed by atoms with Gasteiger partial charge in [-0.05, 0) is 173 Å². The Morgan fingerprint density at radius 3 is 1.45 bits per heavy atom. The maximum atomic E-state index is 14.7. The van der Waals surface area contributed by atoms with Crippen molar-refractivity contribution in [2.75, 3.05) is 0 Å². The molecule has 0 saturated heterocycles. The van der Waals surface area contributed by atoms with Crippen LogP contribution in [0.4, 0.5) is 17.6 Å². The molecule has 0 aliphatic rings. The number of hydrogen-bond acceptors (Lipinski definition) is 8. The van der Waals surface area contributed by atoms with Gasteiger partial charge in [0.1, 0.15) is 28.8 Å². The highest BCUT2D eigenvalue weighted by molar-refractivity contribution is 14.1. The molecule has 5 aromatic heterocycles. The Morgan fingerprint density at radius 1 is 0.565 bits per heavy atom. The average molecular weight is 1110 g/mol. The van der Waals surface area contributed by atoms with Crippen LogP contribution in [0.25, 0.3) is 44.4 Å². The lowest BCUT2D eigenvalue weighted by Gasteiger charge is -2.09. The zero-order chi connectivity index (χ0) is 49.6. The molecule has 0 spiro atoms. The summed E-state index contributed by atoms with van der Waals surface area (Å²) in [5.41, 5.74) is 11.4. The molecule has 0 bridgehead atoms.